The number of carbonyl (C=O) groups excluding carboxylic acids is 2. The number of rotatable bonds is 4. The van der Waals surface area contributed by atoms with Gasteiger partial charge in [0, 0.05) is 29.2 Å². The van der Waals surface area contributed by atoms with Crippen molar-refractivity contribution in [3.63, 3.8) is 0 Å². The van der Waals surface area contributed by atoms with E-state index in [1.54, 1.807) is 12.0 Å². The Morgan fingerprint density at radius 1 is 1.27 bits per heavy atom. The van der Waals surface area contributed by atoms with Gasteiger partial charge in [-0.1, -0.05) is 36.9 Å². The Kier molecular flexibility index (Phi) is 6.25. The summed E-state index contributed by atoms with van der Waals surface area (Å²) in [5, 5.41) is 13.7. The van der Waals surface area contributed by atoms with E-state index < -0.39 is 69.0 Å². The second kappa shape index (κ2) is 9.22. The first-order chi connectivity index (χ1) is 19.5. The lowest BCUT2D eigenvalue weighted by molar-refractivity contribution is -0.266. The number of ketones is 1. The topological polar surface area (TPSA) is 79.7 Å². The van der Waals surface area contributed by atoms with E-state index in [9.17, 15) is 19.1 Å². The van der Waals surface area contributed by atoms with Crippen LogP contribution in [0.4, 0.5) is 13.2 Å². The number of benzene rings is 1. The number of fused-ring (bicyclic) bond motifs is 8. The van der Waals surface area contributed by atoms with E-state index in [1.807, 2.05) is 31.2 Å². The summed E-state index contributed by atoms with van der Waals surface area (Å²) in [6, 6.07) is 6.83. The van der Waals surface area contributed by atoms with Crippen LogP contribution in [0.2, 0.25) is 0 Å². The number of halogens is 3. The van der Waals surface area contributed by atoms with Gasteiger partial charge in [0.2, 0.25) is 5.12 Å². The summed E-state index contributed by atoms with van der Waals surface area (Å²) in [4.78, 5) is 37.2. The van der Waals surface area contributed by atoms with Gasteiger partial charge in [0.15, 0.2) is 17.1 Å². The van der Waals surface area contributed by atoms with Crippen LogP contribution in [0.25, 0.3) is 10.2 Å². The van der Waals surface area contributed by atoms with E-state index in [-0.39, 0.29) is 18.4 Å². The lowest BCUT2D eigenvalue weighted by Crippen LogP contribution is -2.70. The fraction of sp³-hybridized carbons (Fsp3) is 0.567. The normalized spacial score (nSPS) is 43.4. The molecule has 0 unspecified atom stereocenters. The number of hydroxylamine groups is 2. The number of allylic oxidation sites excluding steroid dienone is 4. The van der Waals surface area contributed by atoms with E-state index in [2.05, 4.69) is 4.98 Å². The van der Waals surface area contributed by atoms with Gasteiger partial charge in [-0.05, 0) is 62.0 Å². The molecule has 1 saturated heterocycles. The first kappa shape index (κ1) is 27.8. The van der Waals surface area contributed by atoms with Gasteiger partial charge in [0.1, 0.15) is 17.2 Å². The molecule has 7 rings (SSSR count). The number of hydrogen-bond acceptors (Lipinski definition) is 8. The van der Waals surface area contributed by atoms with E-state index >= 15 is 8.78 Å². The van der Waals surface area contributed by atoms with Gasteiger partial charge in [0.05, 0.1) is 22.9 Å². The van der Waals surface area contributed by atoms with Crippen LogP contribution in [0.1, 0.15) is 38.1 Å². The third kappa shape index (κ3) is 3.53. The van der Waals surface area contributed by atoms with Crippen molar-refractivity contribution in [3.8, 4) is 0 Å². The number of nitrogens with zero attached hydrogens (tertiary/aromatic N) is 2. The first-order valence-corrected chi connectivity index (χ1v) is 15.8. The van der Waals surface area contributed by atoms with Crippen LogP contribution >= 0.6 is 23.1 Å². The summed E-state index contributed by atoms with van der Waals surface area (Å²) >= 11 is 2.06. The molecule has 0 amide bonds. The van der Waals surface area contributed by atoms with Crippen LogP contribution in [-0.4, -0.2) is 62.1 Å². The molecule has 1 aliphatic heterocycles. The molecular formula is C30H31F3N2O4S2. The van der Waals surface area contributed by atoms with Crippen molar-refractivity contribution in [1.29, 1.82) is 0 Å². The highest BCUT2D eigenvalue weighted by Crippen LogP contribution is 2.73. The van der Waals surface area contributed by atoms with Crippen LogP contribution in [0.3, 0.4) is 0 Å². The highest BCUT2D eigenvalue weighted by molar-refractivity contribution is 8.13. The van der Waals surface area contributed by atoms with Gasteiger partial charge in [-0.2, -0.15) is 5.06 Å². The number of aromatic nitrogens is 1. The van der Waals surface area contributed by atoms with Crippen molar-refractivity contribution in [3.05, 3.63) is 53.1 Å². The minimum Gasteiger partial charge on any atom is -0.390 e. The predicted molar refractivity (Wildman–Crippen MR) is 150 cm³/mol. The molecule has 6 nitrogen and oxygen atoms in total. The second-order valence-electron chi connectivity index (χ2n) is 12.6. The van der Waals surface area contributed by atoms with Crippen LogP contribution in [-0.2, 0) is 21.0 Å². The number of hydrogen-bond donors (Lipinski definition) is 1. The molecule has 9 atom stereocenters. The summed E-state index contributed by atoms with van der Waals surface area (Å²) < 4.78 is 48.0. The van der Waals surface area contributed by atoms with Gasteiger partial charge in [-0.25, -0.2) is 18.2 Å². The molecule has 0 radical (unpaired) electrons. The average molecular weight is 605 g/mol. The molecular weight excluding hydrogens is 573 g/mol. The summed E-state index contributed by atoms with van der Waals surface area (Å²) in [5.74, 6) is -2.24. The average Bonchev–Trinajstić information content (AvgIpc) is 3.57. The highest BCUT2D eigenvalue weighted by atomic mass is 32.2. The van der Waals surface area contributed by atoms with E-state index in [0.717, 1.165) is 21.3 Å². The number of carbonyl (C=O) groups is 2. The van der Waals surface area contributed by atoms with Gasteiger partial charge in [0.25, 0.3) is 0 Å². The molecule has 41 heavy (non-hydrogen) atoms. The zero-order chi connectivity index (χ0) is 28.9. The Balaban J connectivity index is 1.27. The van der Waals surface area contributed by atoms with E-state index in [0.29, 0.717) is 31.3 Å². The monoisotopic (exact) mass is 604 g/mol. The molecule has 0 bridgehead atoms. The quantitative estimate of drug-likeness (QED) is 0.493. The number of alkyl halides is 3. The fourth-order valence-corrected chi connectivity index (χ4v) is 10.8. The Bertz CT molecular complexity index is 1480. The van der Waals surface area contributed by atoms with Crippen molar-refractivity contribution >= 4 is 44.2 Å². The van der Waals surface area contributed by atoms with Crippen molar-refractivity contribution in [2.75, 3.05) is 12.6 Å². The zero-order valence-electron chi connectivity index (χ0n) is 22.7. The summed E-state index contributed by atoms with van der Waals surface area (Å²) in [6.07, 6.45) is 0.734. The highest BCUT2D eigenvalue weighted by Gasteiger charge is 2.79. The molecule has 1 aromatic carbocycles. The first-order valence-electron chi connectivity index (χ1n) is 14.0. The fourth-order valence-electron chi connectivity index (χ4n) is 9.05. The molecule has 11 heteroatoms. The minimum absolute atomic E-state index is 0.0571. The number of thiazole rings is 1. The summed E-state index contributed by atoms with van der Waals surface area (Å²) in [7, 11) is 0. The van der Waals surface area contributed by atoms with E-state index in [4.69, 9.17) is 4.84 Å². The van der Waals surface area contributed by atoms with Crippen molar-refractivity contribution < 1.29 is 32.7 Å². The molecule has 1 aromatic heterocycles. The largest absolute Gasteiger partial charge is 0.390 e. The number of para-hydroxylation sites is 1. The van der Waals surface area contributed by atoms with Gasteiger partial charge in [-0.3, -0.25) is 14.4 Å². The summed E-state index contributed by atoms with van der Waals surface area (Å²) in [6.45, 7) is 4.04. The number of thioether (sulfide) groups is 1. The molecule has 3 saturated carbocycles. The zero-order valence-corrected chi connectivity index (χ0v) is 24.3. The van der Waals surface area contributed by atoms with Gasteiger partial charge < -0.3 is 5.11 Å². The lowest BCUT2D eigenvalue weighted by atomic mass is 9.44. The molecule has 5 aliphatic rings. The third-order valence-electron chi connectivity index (χ3n) is 10.8. The SMILES string of the molecule is C[C@]12C=CC(=O)C=C1[C@@H](F)C[C@H]1[C@@H]3C[C@H]4CN(Cc5nc6ccccc6s5)O[C@@]4(C(=O)SCF)[C@@]3(C)C[C@H](O)[C@@]12F. The van der Waals surface area contributed by atoms with Crippen molar-refractivity contribution in [1.82, 2.24) is 10.0 Å². The third-order valence-corrected chi connectivity index (χ3v) is 12.5. The maximum Gasteiger partial charge on any atom is 0.226 e. The molecule has 2 aromatic rings. The molecule has 1 N–H and O–H groups in total. The molecule has 218 valence electrons. The van der Waals surface area contributed by atoms with Crippen LogP contribution < -0.4 is 0 Å². The Labute approximate surface area is 244 Å². The van der Waals surface area contributed by atoms with E-state index in [1.165, 1.54) is 23.5 Å². The smallest absolute Gasteiger partial charge is 0.226 e. The van der Waals surface area contributed by atoms with Crippen LogP contribution in [0.5, 0.6) is 0 Å². The van der Waals surface area contributed by atoms with Crippen molar-refractivity contribution in [2.45, 2.75) is 63.2 Å². The molecule has 4 aliphatic carbocycles. The predicted octanol–water partition coefficient (Wildman–Crippen LogP) is 5.51. The van der Waals surface area contributed by atoms with Crippen LogP contribution in [0.15, 0.2) is 48.1 Å². The Morgan fingerprint density at radius 3 is 2.80 bits per heavy atom. The molecule has 2 heterocycles. The molecule has 4 fully saturated rings. The Morgan fingerprint density at radius 2 is 2.05 bits per heavy atom. The number of aliphatic hydroxyl groups excluding tert-OH is 1. The van der Waals surface area contributed by atoms with Crippen LogP contribution in [0, 0.1) is 28.6 Å². The van der Waals surface area contributed by atoms with Gasteiger partial charge in [-0.15, -0.1) is 11.3 Å². The molecule has 0 spiro atoms. The maximum atomic E-state index is 17.5. The van der Waals surface area contributed by atoms with Crippen molar-refractivity contribution in [2.24, 2.45) is 28.6 Å². The lowest BCUT2D eigenvalue weighted by Gasteiger charge is -2.63. The number of aliphatic hydroxyl groups is 1. The second-order valence-corrected chi connectivity index (χ2v) is 14.6. The summed E-state index contributed by atoms with van der Waals surface area (Å²) in [5.41, 5.74) is -5.42. The van der Waals surface area contributed by atoms with Gasteiger partial charge >= 0.3 is 0 Å². The Hall–Kier alpha value is -2.05. The maximum absolute atomic E-state index is 17.5. The standard InChI is InChI=1S/C30H31F3N2O4S2/c1-27-8-7-17(36)10-20(27)21(32)11-19-18-9-16-13-35(14-25-34-22-5-3-4-6-23(22)41-25)39-30(16,26(38)40-15-31)28(18,2)12-24(37)29(19,27)33/h3-8,10,16,18-19,21,24,37H,9,11-15H2,1-2H3/t16-,18-,19-,21-,24-,27-,28-,29-,30-/m0/s1. The minimum atomic E-state index is -2.25.